The average Bonchev–Trinajstić information content (AvgIpc) is 3.07. The minimum atomic E-state index is -0.0650. The zero-order chi connectivity index (χ0) is 16.9. The molecule has 0 bridgehead atoms. The van der Waals surface area contributed by atoms with Crippen molar-refractivity contribution in [3.63, 3.8) is 0 Å². The molecule has 0 saturated carbocycles. The number of carbonyl (C=O) groups is 1. The number of para-hydroxylation sites is 1. The Hall–Kier alpha value is -2.60. The molecule has 1 heterocycles. The van der Waals surface area contributed by atoms with Gasteiger partial charge in [0.2, 0.25) is 11.1 Å². The summed E-state index contributed by atoms with van der Waals surface area (Å²) in [7, 11) is 0. The first-order valence-corrected chi connectivity index (χ1v) is 8.58. The fraction of sp³-hybridized carbons (Fsp3) is 0.167. The molecule has 0 saturated heterocycles. The number of rotatable bonds is 5. The van der Waals surface area contributed by atoms with Crippen molar-refractivity contribution in [1.29, 1.82) is 0 Å². The lowest BCUT2D eigenvalue weighted by Crippen LogP contribution is -2.15. The molecular weight excluding hydrogens is 320 g/mol. The maximum absolute atomic E-state index is 12.1. The van der Waals surface area contributed by atoms with E-state index in [9.17, 15) is 4.79 Å². The average molecular weight is 338 g/mol. The van der Waals surface area contributed by atoms with Crippen LogP contribution in [-0.4, -0.2) is 26.4 Å². The summed E-state index contributed by atoms with van der Waals surface area (Å²) in [5.74, 6) is 0.205. The van der Waals surface area contributed by atoms with Gasteiger partial charge in [-0.3, -0.25) is 4.79 Å². The molecule has 1 aromatic heterocycles. The van der Waals surface area contributed by atoms with Crippen molar-refractivity contribution in [3.8, 4) is 5.69 Å². The van der Waals surface area contributed by atoms with Crippen LogP contribution in [0.15, 0.2) is 60.0 Å². The van der Waals surface area contributed by atoms with Crippen molar-refractivity contribution in [1.82, 2.24) is 14.8 Å². The minimum Gasteiger partial charge on any atom is -0.325 e. The maximum Gasteiger partial charge on any atom is 0.234 e. The summed E-state index contributed by atoms with van der Waals surface area (Å²) in [4.78, 5) is 16.4. The van der Waals surface area contributed by atoms with Crippen LogP contribution in [0.3, 0.4) is 0 Å². The Balaban J connectivity index is 1.59. The van der Waals surface area contributed by atoms with Crippen LogP contribution in [0.2, 0.25) is 0 Å². The Morgan fingerprint density at radius 3 is 2.71 bits per heavy atom. The Kier molecular flexibility index (Phi) is 4.96. The summed E-state index contributed by atoms with van der Waals surface area (Å²) in [6.45, 7) is 4.03. The van der Waals surface area contributed by atoms with Crippen molar-refractivity contribution in [2.24, 2.45) is 0 Å². The van der Waals surface area contributed by atoms with Crippen LogP contribution in [0.5, 0.6) is 0 Å². The number of thioether (sulfide) groups is 1. The monoisotopic (exact) mass is 338 g/mol. The third kappa shape index (κ3) is 3.83. The lowest BCUT2D eigenvalue weighted by molar-refractivity contribution is -0.113. The maximum atomic E-state index is 12.1. The molecule has 0 spiro atoms. The highest BCUT2D eigenvalue weighted by atomic mass is 32.2. The molecule has 3 aromatic rings. The number of hydrogen-bond acceptors (Lipinski definition) is 4. The van der Waals surface area contributed by atoms with E-state index in [0.29, 0.717) is 5.16 Å². The summed E-state index contributed by atoms with van der Waals surface area (Å²) >= 11 is 1.32. The van der Waals surface area contributed by atoms with Gasteiger partial charge in [-0.2, -0.15) is 0 Å². The third-order valence-electron chi connectivity index (χ3n) is 3.70. The number of hydrogen-bond donors (Lipinski definition) is 1. The highest BCUT2D eigenvalue weighted by Gasteiger charge is 2.09. The number of carbonyl (C=O) groups excluding carboxylic acids is 1. The molecule has 1 N–H and O–H groups in total. The molecule has 2 aromatic carbocycles. The molecule has 0 atom stereocenters. The molecule has 5 nitrogen and oxygen atoms in total. The standard InChI is InChI=1S/C18H18N4OS/c1-13-7-6-10-16(14(13)2)20-17(23)11-24-18-19-12-22(21-18)15-8-4-3-5-9-15/h3-10,12H,11H2,1-2H3,(H,20,23). The van der Waals surface area contributed by atoms with E-state index in [4.69, 9.17) is 0 Å². The second kappa shape index (κ2) is 7.31. The quantitative estimate of drug-likeness (QED) is 0.722. The summed E-state index contributed by atoms with van der Waals surface area (Å²) in [6.07, 6.45) is 1.65. The summed E-state index contributed by atoms with van der Waals surface area (Å²) < 4.78 is 1.70. The number of amides is 1. The second-order valence-corrected chi connectivity index (χ2v) is 6.33. The third-order valence-corrected chi connectivity index (χ3v) is 4.55. The van der Waals surface area contributed by atoms with Gasteiger partial charge >= 0.3 is 0 Å². The van der Waals surface area contributed by atoms with E-state index < -0.39 is 0 Å². The van der Waals surface area contributed by atoms with E-state index in [1.165, 1.54) is 11.8 Å². The highest BCUT2D eigenvalue weighted by Crippen LogP contribution is 2.19. The van der Waals surface area contributed by atoms with Gasteiger partial charge in [0.05, 0.1) is 11.4 Å². The van der Waals surface area contributed by atoms with E-state index in [1.54, 1.807) is 11.0 Å². The fourth-order valence-electron chi connectivity index (χ4n) is 2.22. The lowest BCUT2D eigenvalue weighted by Gasteiger charge is -2.09. The first-order chi connectivity index (χ1) is 11.6. The first-order valence-electron chi connectivity index (χ1n) is 7.59. The summed E-state index contributed by atoms with van der Waals surface area (Å²) in [5, 5.41) is 7.90. The number of nitrogens with one attached hydrogen (secondary N) is 1. The molecule has 0 radical (unpaired) electrons. The van der Waals surface area contributed by atoms with Crippen molar-refractivity contribution < 1.29 is 4.79 Å². The largest absolute Gasteiger partial charge is 0.325 e. The predicted octanol–water partition coefficient (Wildman–Crippen LogP) is 3.61. The SMILES string of the molecule is Cc1cccc(NC(=O)CSc2ncn(-c3ccccc3)n2)c1C. The molecule has 24 heavy (non-hydrogen) atoms. The molecule has 0 unspecified atom stereocenters. The smallest absolute Gasteiger partial charge is 0.234 e. The molecule has 0 aliphatic carbocycles. The van der Waals surface area contributed by atoms with Crippen LogP contribution in [0, 0.1) is 13.8 Å². The molecule has 122 valence electrons. The van der Waals surface area contributed by atoms with Gasteiger partial charge in [-0.15, -0.1) is 5.10 Å². The highest BCUT2D eigenvalue weighted by molar-refractivity contribution is 7.99. The lowest BCUT2D eigenvalue weighted by atomic mass is 10.1. The summed E-state index contributed by atoms with van der Waals surface area (Å²) in [5.41, 5.74) is 4.03. The van der Waals surface area contributed by atoms with Gasteiger partial charge in [0, 0.05) is 5.69 Å². The summed E-state index contributed by atoms with van der Waals surface area (Å²) in [6, 6.07) is 15.6. The van der Waals surface area contributed by atoms with Crippen LogP contribution in [0.25, 0.3) is 5.69 Å². The van der Waals surface area contributed by atoms with Crippen LogP contribution in [0.1, 0.15) is 11.1 Å². The van der Waals surface area contributed by atoms with Crippen LogP contribution in [-0.2, 0) is 4.79 Å². The number of aryl methyl sites for hydroxylation is 1. The Morgan fingerprint density at radius 1 is 1.12 bits per heavy atom. The molecule has 0 aliphatic heterocycles. The number of benzene rings is 2. The van der Waals surface area contributed by atoms with Crippen molar-refractivity contribution in [2.75, 3.05) is 11.1 Å². The molecule has 6 heteroatoms. The van der Waals surface area contributed by atoms with E-state index in [1.807, 2.05) is 62.4 Å². The molecule has 0 aliphatic rings. The van der Waals surface area contributed by atoms with Gasteiger partial charge in [0.15, 0.2) is 0 Å². The van der Waals surface area contributed by atoms with E-state index in [-0.39, 0.29) is 11.7 Å². The van der Waals surface area contributed by atoms with Crippen molar-refractivity contribution >= 4 is 23.4 Å². The van der Waals surface area contributed by atoms with Crippen LogP contribution in [0.4, 0.5) is 5.69 Å². The molecule has 0 fully saturated rings. The number of aromatic nitrogens is 3. The van der Waals surface area contributed by atoms with Gasteiger partial charge in [0.1, 0.15) is 6.33 Å². The zero-order valence-corrected chi connectivity index (χ0v) is 14.4. The zero-order valence-electron chi connectivity index (χ0n) is 13.6. The van der Waals surface area contributed by atoms with Gasteiger partial charge in [-0.1, -0.05) is 42.1 Å². The normalized spacial score (nSPS) is 10.6. The van der Waals surface area contributed by atoms with Gasteiger partial charge in [-0.05, 0) is 43.2 Å². The molecule has 3 rings (SSSR count). The van der Waals surface area contributed by atoms with Crippen LogP contribution < -0.4 is 5.32 Å². The van der Waals surface area contributed by atoms with Crippen molar-refractivity contribution in [3.05, 3.63) is 66.0 Å². The first kappa shape index (κ1) is 16.3. The number of nitrogens with zero attached hydrogens (tertiary/aromatic N) is 3. The topological polar surface area (TPSA) is 59.8 Å². The minimum absolute atomic E-state index is 0.0650. The van der Waals surface area contributed by atoms with Gasteiger partial charge < -0.3 is 5.32 Å². The fourth-order valence-corrected chi connectivity index (χ4v) is 2.82. The van der Waals surface area contributed by atoms with E-state index >= 15 is 0 Å². The van der Waals surface area contributed by atoms with Crippen LogP contribution >= 0.6 is 11.8 Å². The van der Waals surface area contributed by atoms with E-state index in [2.05, 4.69) is 15.4 Å². The predicted molar refractivity (Wildman–Crippen MR) is 96.6 cm³/mol. The van der Waals surface area contributed by atoms with E-state index in [0.717, 1.165) is 22.5 Å². The second-order valence-electron chi connectivity index (χ2n) is 5.39. The Bertz CT molecular complexity index is 845. The van der Waals surface area contributed by atoms with Crippen molar-refractivity contribution in [2.45, 2.75) is 19.0 Å². The van der Waals surface area contributed by atoms with Gasteiger partial charge in [-0.25, -0.2) is 9.67 Å². The molecule has 1 amide bonds. The number of anilines is 1. The Labute approximate surface area is 145 Å². The van der Waals surface area contributed by atoms with Gasteiger partial charge in [0.25, 0.3) is 0 Å². The Morgan fingerprint density at radius 2 is 1.92 bits per heavy atom. The molecular formula is C18H18N4OS.